The molecule has 1 fully saturated rings. The van der Waals surface area contributed by atoms with Gasteiger partial charge in [-0.1, -0.05) is 42.5 Å². The molecule has 37 heavy (non-hydrogen) atoms. The van der Waals surface area contributed by atoms with Crippen LogP contribution in [0.1, 0.15) is 52.6 Å². The summed E-state index contributed by atoms with van der Waals surface area (Å²) in [7, 11) is 0. The molecule has 1 aliphatic heterocycles. The van der Waals surface area contributed by atoms with E-state index in [1.54, 1.807) is 0 Å². The summed E-state index contributed by atoms with van der Waals surface area (Å²) in [5.74, 6) is 0.666. The number of nitriles is 1. The lowest BCUT2D eigenvalue weighted by Crippen LogP contribution is -2.47. The third-order valence-electron chi connectivity index (χ3n) is 8.04. The number of nitrogens with zero attached hydrogens (tertiary/aromatic N) is 2. The van der Waals surface area contributed by atoms with Crippen LogP contribution in [-0.2, 0) is 12.8 Å². The molecule has 1 aliphatic carbocycles. The predicted molar refractivity (Wildman–Crippen MR) is 149 cm³/mol. The molecular formula is C33H32FN3. The molecule has 0 amide bonds. The normalized spacial score (nSPS) is 16.3. The van der Waals surface area contributed by atoms with Crippen molar-refractivity contribution in [1.29, 1.82) is 5.26 Å². The maximum Gasteiger partial charge on any atom is 0.0991 e. The van der Waals surface area contributed by atoms with Crippen LogP contribution in [0.3, 0.4) is 0 Å². The number of aromatic nitrogens is 1. The predicted octanol–water partition coefficient (Wildman–Crippen LogP) is 7.17. The lowest BCUT2D eigenvalue weighted by molar-refractivity contribution is 0.0968. The van der Waals surface area contributed by atoms with E-state index in [4.69, 9.17) is 0 Å². The van der Waals surface area contributed by atoms with Gasteiger partial charge in [0.05, 0.1) is 18.3 Å². The van der Waals surface area contributed by atoms with Gasteiger partial charge in [-0.25, -0.2) is 0 Å². The van der Waals surface area contributed by atoms with Crippen LogP contribution < -0.4 is 0 Å². The van der Waals surface area contributed by atoms with Crippen LogP contribution in [0.5, 0.6) is 0 Å². The third-order valence-corrected chi connectivity index (χ3v) is 8.04. The summed E-state index contributed by atoms with van der Waals surface area (Å²) in [4.78, 5) is 5.74. The van der Waals surface area contributed by atoms with Crippen molar-refractivity contribution in [2.24, 2.45) is 5.92 Å². The molecule has 4 heteroatoms. The molecule has 0 radical (unpaired) electrons. The highest BCUT2D eigenvalue weighted by molar-refractivity contribution is 6.02. The van der Waals surface area contributed by atoms with Gasteiger partial charge in [0.1, 0.15) is 0 Å². The Bertz CT molecular complexity index is 1470. The highest BCUT2D eigenvalue weighted by Gasteiger charge is 2.26. The molecule has 1 N–H and O–H groups in total. The number of nitrogens with one attached hydrogen (secondary N) is 1. The Morgan fingerprint density at radius 1 is 0.919 bits per heavy atom. The number of likely N-dealkylation sites (tertiary alicyclic amines) is 1. The number of allylic oxidation sites excluding steroid dienone is 1. The number of benzene rings is 3. The number of rotatable bonds is 7. The number of fused-ring (bicyclic) bond motifs is 3. The van der Waals surface area contributed by atoms with Gasteiger partial charge >= 0.3 is 0 Å². The Hall–Kier alpha value is -3.68. The van der Waals surface area contributed by atoms with Crippen molar-refractivity contribution in [1.82, 2.24) is 9.88 Å². The number of aryl methyl sites for hydroxylation is 1. The second kappa shape index (κ2) is 10.4. The summed E-state index contributed by atoms with van der Waals surface area (Å²) in [6.07, 6.45) is 6.90. The van der Waals surface area contributed by atoms with Gasteiger partial charge in [0.15, 0.2) is 0 Å². The van der Waals surface area contributed by atoms with Gasteiger partial charge in [0.2, 0.25) is 0 Å². The van der Waals surface area contributed by atoms with E-state index in [2.05, 4.69) is 70.6 Å². The van der Waals surface area contributed by atoms with E-state index in [0.717, 1.165) is 45.3 Å². The zero-order valence-corrected chi connectivity index (χ0v) is 21.1. The first-order valence-electron chi connectivity index (χ1n) is 13.4. The summed E-state index contributed by atoms with van der Waals surface area (Å²) in [6, 6.07) is 26.2. The first kappa shape index (κ1) is 23.7. The molecule has 0 unspecified atom stereocenters. The molecule has 0 bridgehead atoms. The molecule has 2 heterocycles. The monoisotopic (exact) mass is 489 g/mol. The highest BCUT2D eigenvalue weighted by atomic mass is 19.1. The van der Waals surface area contributed by atoms with Crippen molar-refractivity contribution in [2.75, 3.05) is 26.3 Å². The molecule has 6 rings (SSSR count). The zero-order valence-electron chi connectivity index (χ0n) is 21.1. The van der Waals surface area contributed by atoms with Crippen molar-refractivity contribution in [3.63, 3.8) is 0 Å². The minimum Gasteiger partial charge on any atom is -0.361 e. The van der Waals surface area contributed by atoms with Gasteiger partial charge in [-0.15, -0.1) is 0 Å². The second-order valence-corrected chi connectivity index (χ2v) is 10.5. The van der Waals surface area contributed by atoms with E-state index < -0.39 is 0 Å². The number of H-pyrrole nitrogens is 1. The minimum absolute atomic E-state index is 0.221. The fourth-order valence-corrected chi connectivity index (χ4v) is 6.21. The Labute approximate surface area is 218 Å². The quantitative estimate of drug-likeness (QED) is 0.299. The van der Waals surface area contributed by atoms with E-state index in [1.165, 1.54) is 49.9 Å². The van der Waals surface area contributed by atoms with Gasteiger partial charge < -0.3 is 9.88 Å². The summed E-state index contributed by atoms with van der Waals surface area (Å²) < 4.78 is 12.5. The zero-order chi connectivity index (χ0) is 25.2. The summed E-state index contributed by atoms with van der Waals surface area (Å²) in [5, 5.41) is 10.6. The molecule has 4 aromatic rings. The topological polar surface area (TPSA) is 42.8 Å². The number of hydrogen-bond acceptors (Lipinski definition) is 2. The number of hydrogen-bond donors (Lipinski definition) is 1. The highest BCUT2D eigenvalue weighted by Crippen LogP contribution is 2.42. The van der Waals surface area contributed by atoms with Crippen LogP contribution >= 0.6 is 0 Å². The minimum atomic E-state index is -0.221. The fraction of sp³-hybridized carbons (Fsp3) is 0.303. The van der Waals surface area contributed by atoms with Crippen molar-refractivity contribution in [3.8, 4) is 6.07 Å². The molecule has 1 saturated heterocycles. The molecule has 1 aromatic heterocycles. The smallest absolute Gasteiger partial charge is 0.0991 e. The Balaban J connectivity index is 1.37. The number of halogens is 1. The molecule has 0 atom stereocenters. The molecule has 0 saturated carbocycles. The van der Waals surface area contributed by atoms with Gasteiger partial charge in [-0.3, -0.25) is 4.39 Å². The van der Waals surface area contributed by atoms with Crippen molar-refractivity contribution in [2.45, 2.75) is 32.1 Å². The molecule has 186 valence electrons. The largest absolute Gasteiger partial charge is 0.361 e. The van der Waals surface area contributed by atoms with E-state index in [1.807, 2.05) is 18.3 Å². The van der Waals surface area contributed by atoms with Crippen LogP contribution in [0.25, 0.3) is 22.0 Å². The lowest BCUT2D eigenvalue weighted by Gasteiger charge is -2.39. The fourth-order valence-electron chi connectivity index (χ4n) is 6.21. The molecule has 3 nitrogen and oxygen atoms in total. The van der Waals surface area contributed by atoms with Crippen molar-refractivity contribution in [3.05, 3.63) is 106 Å². The molecular weight excluding hydrogens is 457 g/mol. The summed E-state index contributed by atoms with van der Waals surface area (Å²) >= 11 is 0. The van der Waals surface area contributed by atoms with Gasteiger partial charge in [0.25, 0.3) is 0 Å². The van der Waals surface area contributed by atoms with Gasteiger partial charge in [-0.2, -0.15) is 5.26 Å². The number of alkyl halides is 1. The Morgan fingerprint density at radius 2 is 1.70 bits per heavy atom. The third kappa shape index (κ3) is 4.72. The van der Waals surface area contributed by atoms with Crippen molar-refractivity contribution >= 4 is 22.0 Å². The maximum atomic E-state index is 12.5. The second-order valence-electron chi connectivity index (χ2n) is 10.5. The van der Waals surface area contributed by atoms with Crippen molar-refractivity contribution < 1.29 is 4.39 Å². The first-order valence-corrected chi connectivity index (χ1v) is 13.4. The molecule has 3 aromatic carbocycles. The standard InChI is InChI=1S/C33H32FN3/c34-16-2-18-37-21-25(22-37)19-23-5-11-27(12-6-23)33-28(26-9-7-24(20-35)8-10-26)3-1-4-29-30-15-17-36-32(30)14-13-31(29)33/h5-15,17,25,36H,1-4,16,18-19,21-22H2. The van der Waals surface area contributed by atoms with E-state index in [0.29, 0.717) is 17.9 Å². The summed E-state index contributed by atoms with van der Waals surface area (Å²) in [5.41, 5.74) is 11.1. The SMILES string of the molecule is N#Cc1ccc(C2=C(c3ccc(CC4CN(CCCF)C4)cc3)c3ccc4[nH]ccc4c3CCC2)cc1. The molecule has 2 aliphatic rings. The van der Waals surface area contributed by atoms with Crippen LogP contribution in [0.2, 0.25) is 0 Å². The average Bonchev–Trinajstić information content (AvgIpc) is 3.31. The van der Waals surface area contributed by atoms with E-state index in [9.17, 15) is 9.65 Å². The molecule has 0 spiro atoms. The van der Waals surface area contributed by atoms with E-state index in [-0.39, 0.29) is 6.67 Å². The summed E-state index contributed by atoms with van der Waals surface area (Å²) in [6.45, 7) is 2.82. The van der Waals surface area contributed by atoms with Crippen LogP contribution in [-0.4, -0.2) is 36.2 Å². The lowest BCUT2D eigenvalue weighted by atomic mass is 9.86. The Kier molecular flexibility index (Phi) is 6.64. The van der Waals surface area contributed by atoms with Crippen LogP contribution in [0.4, 0.5) is 4.39 Å². The maximum absolute atomic E-state index is 12.5. The Morgan fingerprint density at radius 3 is 2.46 bits per heavy atom. The van der Waals surface area contributed by atoms with Gasteiger partial charge in [0, 0.05) is 36.7 Å². The van der Waals surface area contributed by atoms with Crippen LogP contribution in [0.15, 0.2) is 72.9 Å². The average molecular weight is 490 g/mol. The first-order chi connectivity index (χ1) is 18.2. The van der Waals surface area contributed by atoms with E-state index >= 15 is 0 Å². The van der Waals surface area contributed by atoms with Crippen LogP contribution in [0, 0.1) is 17.2 Å². The van der Waals surface area contributed by atoms with Gasteiger partial charge in [-0.05, 0) is 101 Å². The number of aromatic amines is 1.